The summed E-state index contributed by atoms with van der Waals surface area (Å²) in [7, 11) is 2.89. The second-order valence-corrected chi connectivity index (χ2v) is 8.10. The molecule has 0 heterocycles. The van der Waals surface area contributed by atoms with Gasteiger partial charge >= 0.3 is 12.0 Å². The van der Waals surface area contributed by atoms with Crippen molar-refractivity contribution in [3.63, 3.8) is 0 Å². The maximum Gasteiger partial charge on any atom is 0.340 e. The fourth-order valence-electron chi connectivity index (χ4n) is 3.55. The van der Waals surface area contributed by atoms with E-state index in [0.717, 1.165) is 5.56 Å². The van der Waals surface area contributed by atoms with Gasteiger partial charge in [0.15, 0.2) is 11.5 Å². The lowest BCUT2D eigenvalue weighted by atomic mass is 10.1. The van der Waals surface area contributed by atoms with Crippen molar-refractivity contribution >= 4 is 40.7 Å². The van der Waals surface area contributed by atoms with Crippen LogP contribution in [0.25, 0.3) is 0 Å². The number of nitrogens with one attached hydrogen (secondary N) is 3. The monoisotopic (exact) mass is 536 g/mol. The fourth-order valence-corrected chi connectivity index (χ4v) is 3.55. The van der Waals surface area contributed by atoms with Crippen LogP contribution in [0.5, 0.6) is 11.5 Å². The molecule has 204 valence electrons. The van der Waals surface area contributed by atoms with Gasteiger partial charge in [0.25, 0.3) is 5.69 Å². The number of aryl methyl sites for hydroxylation is 1. The van der Waals surface area contributed by atoms with Crippen molar-refractivity contribution in [2.45, 2.75) is 19.8 Å². The number of nitrogens with zero attached hydrogens (tertiary/aromatic N) is 1. The number of benzene rings is 3. The Kier molecular flexibility index (Phi) is 9.79. The van der Waals surface area contributed by atoms with Crippen LogP contribution in [0, 0.1) is 10.1 Å². The molecule has 0 atom stereocenters. The van der Waals surface area contributed by atoms with Crippen molar-refractivity contribution in [1.82, 2.24) is 0 Å². The average molecular weight is 537 g/mol. The Morgan fingerprint density at radius 2 is 1.41 bits per heavy atom. The molecule has 0 unspecified atom stereocenters. The molecule has 3 amide bonds. The van der Waals surface area contributed by atoms with E-state index >= 15 is 0 Å². The van der Waals surface area contributed by atoms with Crippen LogP contribution in [0.2, 0.25) is 0 Å². The molecule has 0 saturated heterocycles. The van der Waals surface area contributed by atoms with Gasteiger partial charge in [-0.2, -0.15) is 0 Å². The third kappa shape index (κ3) is 7.92. The van der Waals surface area contributed by atoms with Crippen molar-refractivity contribution in [3.8, 4) is 11.5 Å². The summed E-state index contributed by atoms with van der Waals surface area (Å²) in [6.45, 7) is 1.85. The summed E-state index contributed by atoms with van der Waals surface area (Å²) in [5.41, 5.74) is 2.09. The zero-order valence-corrected chi connectivity index (χ0v) is 21.6. The lowest BCUT2D eigenvalue weighted by Crippen LogP contribution is -2.19. The van der Waals surface area contributed by atoms with Crippen molar-refractivity contribution in [1.29, 1.82) is 0 Å². The van der Waals surface area contributed by atoms with Crippen LogP contribution in [0.15, 0.2) is 60.7 Å². The molecule has 3 rings (SSSR count). The highest BCUT2D eigenvalue weighted by molar-refractivity contribution is 6.02. The second kappa shape index (κ2) is 13.4. The minimum absolute atomic E-state index is 0.0756. The van der Waals surface area contributed by atoms with Gasteiger partial charge in [0, 0.05) is 42.1 Å². The van der Waals surface area contributed by atoms with E-state index in [2.05, 4.69) is 16.0 Å². The van der Waals surface area contributed by atoms with Gasteiger partial charge in [-0.3, -0.25) is 14.9 Å². The smallest absolute Gasteiger partial charge is 0.340 e. The number of anilines is 3. The van der Waals surface area contributed by atoms with Gasteiger partial charge in [-0.05, 0) is 43.2 Å². The number of amides is 3. The number of nitro benzene ring substituents is 1. The molecule has 3 aromatic rings. The first-order valence-electron chi connectivity index (χ1n) is 11.9. The van der Waals surface area contributed by atoms with Crippen LogP contribution in [-0.4, -0.2) is 43.7 Å². The molecule has 39 heavy (non-hydrogen) atoms. The van der Waals surface area contributed by atoms with E-state index in [1.165, 1.54) is 50.6 Å². The fraction of sp³-hybridized carbons (Fsp3) is 0.222. The molecule has 12 nitrogen and oxygen atoms in total. The lowest BCUT2D eigenvalue weighted by molar-refractivity contribution is -0.384. The molecule has 0 bridgehead atoms. The summed E-state index contributed by atoms with van der Waals surface area (Å²) in [5, 5.41) is 18.7. The van der Waals surface area contributed by atoms with Gasteiger partial charge in [0.1, 0.15) is 0 Å². The molecule has 0 spiro atoms. The van der Waals surface area contributed by atoms with Crippen molar-refractivity contribution in [3.05, 3.63) is 81.9 Å². The Morgan fingerprint density at radius 1 is 0.846 bits per heavy atom. The molecule has 0 saturated carbocycles. The van der Waals surface area contributed by atoms with Crippen LogP contribution in [0.1, 0.15) is 29.3 Å². The first-order valence-corrected chi connectivity index (χ1v) is 11.9. The Morgan fingerprint density at radius 3 is 1.95 bits per heavy atom. The van der Waals surface area contributed by atoms with Crippen molar-refractivity contribution in [2.24, 2.45) is 0 Å². The molecule has 12 heteroatoms. The number of rotatable bonds is 11. The Hall–Kier alpha value is -5.13. The quantitative estimate of drug-likeness (QED) is 0.175. The van der Waals surface area contributed by atoms with Gasteiger partial charge in [0.05, 0.1) is 37.0 Å². The third-order valence-corrected chi connectivity index (χ3v) is 5.48. The van der Waals surface area contributed by atoms with Gasteiger partial charge in [-0.15, -0.1) is 0 Å². The number of urea groups is 1. The molecule has 3 aromatic carbocycles. The maximum atomic E-state index is 12.7. The summed E-state index contributed by atoms with van der Waals surface area (Å²) in [5.74, 6) is -0.248. The molecule has 0 fully saturated rings. The number of hydrogen-bond acceptors (Lipinski definition) is 8. The summed E-state index contributed by atoms with van der Waals surface area (Å²) in [6.07, 6.45) is 0.535. The summed E-state index contributed by atoms with van der Waals surface area (Å²) >= 11 is 0. The molecular weight excluding hydrogens is 508 g/mol. The Balaban J connectivity index is 1.57. The van der Waals surface area contributed by atoms with E-state index in [0.29, 0.717) is 29.3 Å². The summed E-state index contributed by atoms with van der Waals surface area (Å²) in [4.78, 5) is 47.5. The predicted octanol–water partition coefficient (Wildman–Crippen LogP) is 5.00. The third-order valence-electron chi connectivity index (χ3n) is 5.48. The van der Waals surface area contributed by atoms with Crippen LogP contribution >= 0.6 is 0 Å². The average Bonchev–Trinajstić information content (AvgIpc) is 2.92. The molecule has 0 aliphatic heterocycles. The highest BCUT2D eigenvalue weighted by Crippen LogP contribution is 2.34. The van der Waals surface area contributed by atoms with Gasteiger partial charge < -0.3 is 30.2 Å². The maximum absolute atomic E-state index is 12.7. The van der Waals surface area contributed by atoms with E-state index in [1.807, 2.05) is 0 Å². The molecule has 0 aromatic heterocycles. The Labute approximate surface area is 224 Å². The van der Waals surface area contributed by atoms with Crippen LogP contribution in [0.3, 0.4) is 0 Å². The Bertz CT molecular complexity index is 1340. The zero-order chi connectivity index (χ0) is 28.4. The van der Waals surface area contributed by atoms with Crippen molar-refractivity contribution < 1.29 is 33.5 Å². The summed E-state index contributed by atoms with van der Waals surface area (Å²) in [6, 6.07) is 14.8. The normalized spacial score (nSPS) is 10.2. The van der Waals surface area contributed by atoms with Crippen LogP contribution < -0.4 is 25.4 Å². The van der Waals surface area contributed by atoms with E-state index < -0.39 is 16.9 Å². The lowest BCUT2D eigenvalue weighted by Gasteiger charge is -2.15. The number of carbonyl (C=O) groups excluding carboxylic acids is 3. The molecule has 0 radical (unpaired) electrons. The SMILES string of the molecule is CCOC(=O)c1cc(OC)c(OC)cc1NC(=O)CCc1ccc(NC(=O)Nc2ccc([N+](=O)[O-])cc2)cc1. The highest BCUT2D eigenvalue weighted by Gasteiger charge is 2.19. The first-order chi connectivity index (χ1) is 18.7. The number of methoxy groups -OCH3 is 2. The number of nitro groups is 1. The van der Waals surface area contributed by atoms with E-state index in [1.54, 1.807) is 31.2 Å². The van der Waals surface area contributed by atoms with Crippen LogP contribution in [-0.2, 0) is 16.0 Å². The van der Waals surface area contributed by atoms with E-state index in [9.17, 15) is 24.5 Å². The number of carbonyl (C=O) groups is 3. The van der Waals surface area contributed by atoms with Gasteiger partial charge in [-0.25, -0.2) is 9.59 Å². The summed E-state index contributed by atoms with van der Waals surface area (Å²) < 4.78 is 15.6. The van der Waals surface area contributed by atoms with E-state index in [-0.39, 0.29) is 35.9 Å². The molecular formula is C27H28N4O8. The molecule has 0 aliphatic rings. The minimum Gasteiger partial charge on any atom is -0.493 e. The number of esters is 1. The van der Waals surface area contributed by atoms with E-state index in [4.69, 9.17) is 14.2 Å². The van der Waals surface area contributed by atoms with Gasteiger partial charge in [-0.1, -0.05) is 12.1 Å². The predicted molar refractivity (Wildman–Crippen MR) is 145 cm³/mol. The standard InChI is InChI=1S/C27H28N4O8/c1-4-39-26(33)21-15-23(37-2)24(38-3)16-22(21)30-25(32)14-7-17-5-8-18(9-6-17)28-27(34)29-19-10-12-20(13-11-19)31(35)36/h5-6,8-13,15-16H,4,7,14H2,1-3H3,(H,30,32)(H2,28,29,34). The topological polar surface area (TPSA) is 158 Å². The largest absolute Gasteiger partial charge is 0.493 e. The highest BCUT2D eigenvalue weighted by atomic mass is 16.6. The number of ether oxygens (including phenoxy) is 3. The number of non-ortho nitro benzene ring substituents is 1. The van der Waals surface area contributed by atoms with Gasteiger partial charge in [0.2, 0.25) is 5.91 Å². The second-order valence-electron chi connectivity index (χ2n) is 8.10. The molecule has 0 aliphatic carbocycles. The number of hydrogen-bond donors (Lipinski definition) is 3. The van der Waals surface area contributed by atoms with Crippen molar-refractivity contribution in [2.75, 3.05) is 36.8 Å². The zero-order valence-electron chi connectivity index (χ0n) is 21.6. The first kappa shape index (κ1) is 28.4. The molecule has 3 N–H and O–H groups in total. The minimum atomic E-state index is -0.602. The van der Waals surface area contributed by atoms with Crippen LogP contribution in [0.4, 0.5) is 27.5 Å².